The molecule has 6 nitrogen and oxygen atoms in total. The van der Waals surface area contributed by atoms with Crippen LogP contribution in [0.15, 0.2) is 82.6 Å². The van der Waals surface area contributed by atoms with Crippen LogP contribution < -0.4 is 14.8 Å². The molecule has 3 aromatic carbocycles. The summed E-state index contributed by atoms with van der Waals surface area (Å²) in [7, 11) is -2.24. The number of hydrogen-bond donors (Lipinski definition) is 2. The van der Waals surface area contributed by atoms with Crippen molar-refractivity contribution in [1.29, 1.82) is 0 Å². The number of nitrogens with one attached hydrogen (secondary N) is 2. The van der Waals surface area contributed by atoms with Crippen molar-refractivity contribution in [1.82, 2.24) is 0 Å². The fourth-order valence-electron chi connectivity index (χ4n) is 2.61. The summed E-state index contributed by atoms with van der Waals surface area (Å²) in [6, 6.07) is 18.2. The van der Waals surface area contributed by atoms with E-state index >= 15 is 0 Å². The van der Waals surface area contributed by atoms with Crippen LogP contribution in [-0.4, -0.2) is 26.7 Å². The molecule has 0 bridgehead atoms. The zero-order valence-electron chi connectivity index (χ0n) is 16.8. The van der Waals surface area contributed by atoms with E-state index < -0.39 is 15.8 Å². The number of halogens is 1. The van der Waals surface area contributed by atoms with Crippen LogP contribution in [-0.2, 0) is 14.8 Å². The lowest BCUT2D eigenvalue weighted by molar-refractivity contribution is -0.115. The SMILES string of the molecule is COc1ccc(S[C@H](C)C(=O)Nc2ccc(S(=O)(=O)Nc3ccc(F)cc3)cc2)cc1. The number of carbonyl (C=O) groups is 1. The molecule has 0 aliphatic heterocycles. The Morgan fingerprint density at radius 3 is 2.10 bits per heavy atom. The average molecular weight is 461 g/mol. The van der Waals surface area contributed by atoms with Crippen molar-refractivity contribution in [3.8, 4) is 5.75 Å². The monoisotopic (exact) mass is 460 g/mol. The number of methoxy groups -OCH3 is 1. The van der Waals surface area contributed by atoms with Crippen molar-refractivity contribution >= 4 is 39.1 Å². The van der Waals surface area contributed by atoms with Crippen LogP contribution in [0, 0.1) is 5.82 Å². The van der Waals surface area contributed by atoms with Crippen molar-refractivity contribution in [2.24, 2.45) is 0 Å². The number of carbonyl (C=O) groups excluding carboxylic acids is 1. The highest BCUT2D eigenvalue weighted by molar-refractivity contribution is 8.00. The topological polar surface area (TPSA) is 84.5 Å². The molecule has 0 aliphatic carbocycles. The van der Waals surface area contributed by atoms with E-state index in [0.29, 0.717) is 5.69 Å². The van der Waals surface area contributed by atoms with E-state index in [0.717, 1.165) is 10.6 Å². The van der Waals surface area contributed by atoms with Crippen LogP contribution in [0.3, 0.4) is 0 Å². The molecule has 0 spiro atoms. The molecule has 0 saturated heterocycles. The highest BCUT2D eigenvalue weighted by Crippen LogP contribution is 2.26. The quantitative estimate of drug-likeness (QED) is 0.474. The van der Waals surface area contributed by atoms with Crippen molar-refractivity contribution in [2.75, 3.05) is 17.1 Å². The fraction of sp³-hybridized carbons (Fsp3) is 0.136. The molecule has 3 aromatic rings. The van der Waals surface area contributed by atoms with Crippen LogP contribution in [0.25, 0.3) is 0 Å². The number of sulfonamides is 1. The second-order valence-corrected chi connectivity index (χ2v) is 9.66. The molecule has 31 heavy (non-hydrogen) atoms. The molecule has 0 saturated carbocycles. The molecule has 1 amide bonds. The summed E-state index contributed by atoms with van der Waals surface area (Å²) in [5.74, 6) is 0.0775. The first kappa shape index (κ1) is 22.6. The van der Waals surface area contributed by atoms with Gasteiger partial charge in [0.2, 0.25) is 5.91 Å². The van der Waals surface area contributed by atoms with Crippen molar-refractivity contribution in [3.63, 3.8) is 0 Å². The van der Waals surface area contributed by atoms with Gasteiger partial charge in [-0.1, -0.05) is 0 Å². The molecule has 2 N–H and O–H groups in total. The number of benzene rings is 3. The van der Waals surface area contributed by atoms with E-state index in [1.807, 2.05) is 24.3 Å². The second kappa shape index (κ2) is 9.84. The van der Waals surface area contributed by atoms with Crippen LogP contribution in [0.1, 0.15) is 6.92 Å². The molecular formula is C22H21FN2O4S2. The molecule has 0 aromatic heterocycles. The van der Waals surface area contributed by atoms with Gasteiger partial charge in [0.15, 0.2) is 0 Å². The van der Waals surface area contributed by atoms with E-state index in [4.69, 9.17) is 4.74 Å². The highest BCUT2D eigenvalue weighted by Gasteiger charge is 2.17. The average Bonchev–Trinajstić information content (AvgIpc) is 2.76. The third kappa shape index (κ3) is 6.22. The van der Waals surface area contributed by atoms with Gasteiger partial charge in [0.25, 0.3) is 10.0 Å². The Balaban J connectivity index is 1.61. The summed E-state index contributed by atoms with van der Waals surface area (Å²) in [5, 5.41) is 2.41. The second-order valence-electron chi connectivity index (χ2n) is 6.56. The third-order valence-electron chi connectivity index (χ3n) is 4.27. The van der Waals surface area contributed by atoms with Gasteiger partial charge < -0.3 is 10.1 Å². The first-order valence-corrected chi connectivity index (χ1v) is 11.6. The summed E-state index contributed by atoms with van der Waals surface area (Å²) in [4.78, 5) is 13.4. The third-order valence-corrected chi connectivity index (χ3v) is 6.78. The van der Waals surface area contributed by atoms with Gasteiger partial charge in [-0.2, -0.15) is 0 Å². The van der Waals surface area contributed by atoms with Crippen LogP contribution in [0.4, 0.5) is 15.8 Å². The number of anilines is 2. The standard InChI is InChI=1S/C22H21FN2O4S2/c1-15(30-20-11-9-19(29-2)10-12-20)22(26)24-17-7-13-21(14-8-17)31(27,28)25-18-5-3-16(23)4-6-18/h3-15,25H,1-2H3,(H,24,26)/t15-/m1/s1. The Hall–Kier alpha value is -3.04. The molecule has 9 heteroatoms. The van der Waals surface area contributed by atoms with Gasteiger partial charge in [-0.05, 0) is 79.7 Å². The van der Waals surface area contributed by atoms with Gasteiger partial charge in [0, 0.05) is 16.3 Å². The molecule has 0 unspecified atom stereocenters. The van der Waals surface area contributed by atoms with E-state index in [2.05, 4.69) is 10.0 Å². The molecule has 1 atom stereocenters. The summed E-state index contributed by atoms with van der Waals surface area (Å²) >= 11 is 1.40. The van der Waals surface area contributed by atoms with E-state index in [1.54, 1.807) is 14.0 Å². The van der Waals surface area contributed by atoms with Crippen LogP contribution >= 0.6 is 11.8 Å². The summed E-state index contributed by atoms with van der Waals surface area (Å²) in [6.07, 6.45) is 0. The predicted octanol–water partition coefficient (Wildman–Crippen LogP) is 4.75. The molecule has 162 valence electrons. The number of hydrogen-bond acceptors (Lipinski definition) is 5. The summed E-state index contributed by atoms with van der Waals surface area (Å²) in [5.41, 5.74) is 0.732. The summed E-state index contributed by atoms with van der Waals surface area (Å²) in [6.45, 7) is 1.79. The normalized spacial score (nSPS) is 12.1. The van der Waals surface area contributed by atoms with Gasteiger partial charge >= 0.3 is 0 Å². The molecular weight excluding hydrogens is 439 g/mol. The first-order valence-electron chi connectivity index (χ1n) is 9.27. The van der Waals surface area contributed by atoms with Crippen molar-refractivity contribution in [3.05, 3.63) is 78.6 Å². The minimum absolute atomic E-state index is 0.0236. The Labute approximate surface area is 184 Å². The van der Waals surface area contributed by atoms with Crippen molar-refractivity contribution in [2.45, 2.75) is 22.0 Å². The minimum atomic E-state index is -3.83. The Bertz CT molecular complexity index is 1130. The maximum absolute atomic E-state index is 13.0. The lowest BCUT2D eigenvalue weighted by atomic mass is 10.3. The predicted molar refractivity (Wildman–Crippen MR) is 121 cm³/mol. The molecule has 0 aliphatic rings. The fourth-order valence-corrected chi connectivity index (χ4v) is 4.53. The van der Waals surface area contributed by atoms with Gasteiger partial charge in [-0.25, -0.2) is 12.8 Å². The van der Waals surface area contributed by atoms with Crippen LogP contribution in [0.2, 0.25) is 0 Å². The number of amides is 1. The number of thioether (sulfide) groups is 1. The number of rotatable bonds is 8. The Kier molecular flexibility index (Phi) is 7.19. The van der Waals surface area contributed by atoms with E-state index in [9.17, 15) is 17.6 Å². The molecule has 0 fully saturated rings. The molecule has 0 radical (unpaired) electrons. The largest absolute Gasteiger partial charge is 0.497 e. The van der Waals surface area contributed by atoms with Gasteiger partial charge in [0.05, 0.1) is 17.3 Å². The molecule has 0 heterocycles. The van der Waals surface area contributed by atoms with Gasteiger partial charge in [-0.3, -0.25) is 9.52 Å². The summed E-state index contributed by atoms with van der Waals surface area (Å²) < 4.78 is 45.4. The zero-order valence-corrected chi connectivity index (χ0v) is 18.5. The zero-order chi connectivity index (χ0) is 22.4. The lowest BCUT2D eigenvalue weighted by Gasteiger charge is -2.13. The van der Waals surface area contributed by atoms with E-state index in [1.165, 1.54) is 60.3 Å². The van der Waals surface area contributed by atoms with E-state index in [-0.39, 0.29) is 21.7 Å². The Morgan fingerprint density at radius 2 is 1.52 bits per heavy atom. The van der Waals surface area contributed by atoms with Crippen LogP contribution in [0.5, 0.6) is 5.75 Å². The first-order chi connectivity index (χ1) is 14.8. The molecule has 3 rings (SSSR count). The number of ether oxygens (including phenoxy) is 1. The van der Waals surface area contributed by atoms with Crippen molar-refractivity contribution < 1.29 is 22.3 Å². The van der Waals surface area contributed by atoms with Gasteiger partial charge in [-0.15, -0.1) is 11.8 Å². The highest BCUT2D eigenvalue weighted by atomic mass is 32.2. The smallest absolute Gasteiger partial charge is 0.261 e. The Morgan fingerprint density at radius 1 is 0.935 bits per heavy atom. The lowest BCUT2D eigenvalue weighted by Crippen LogP contribution is -2.22. The minimum Gasteiger partial charge on any atom is -0.497 e. The maximum atomic E-state index is 13.0. The maximum Gasteiger partial charge on any atom is 0.261 e. The van der Waals surface area contributed by atoms with Gasteiger partial charge in [0.1, 0.15) is 11.6 Å².